The highest BCUT2D eigenvalue weighted by Gasteiger charge is 2.65. The fourth-order valence-electron chi connectivity index (χ4n) is 3.52. The van der Waals surface area contributed by atoms with Crippen LogP contribution < -0.4 is 4.90 Å². The Balaban J connectivity index is 1.79. The summed E-state index contributed by atoms with van der Waals surface area (Å²) in [6, 6.07) is 7.25. The van der Waals surface area contributed by atoms with E-state index < -0.39 is 11.5 Å². The normalized spacial score (nSPS) is 37.9. The maximum atomic E-state index is 12.7. The van der Waals surface area contributed by atoms with Crippen LogP contribution in [0.2, 0.25) is 0 Å². The predicted molar refractivity (Wildman–Crippen MR) is 76.0 cm³/mol. The van der Waals surface area contributed by atoms with Crippen LogP contribution in [0.4, 0.5) is 5.69 Å². The third-order valence-corrected chi connectivity index (χ3v) is 4.89. The third kappa shape index (κ3) is 1.39. The largest absolute Gasteiger partial charge is 0.362 e. The Labute approximate surface area is 124 Å². The molecule has 0 radical (unpaired) electrons. The molecule has 3 heterocycles. The highest BCUT2D eigenvalue weighted by atomic mass is 79.9. The van der Waals surface area contributed by atoms with Crippen LogP contribution >= 0.6 is 15.9 Å². The Hall–Kier alpha value is -1.46. The second kappa shape index (κ2) is 3.80. The summed E-state index contributed by atoms with van der Waals surface area (Å²) in [7, 11) is 0. The molecule has 102 valence electrons. The first-order valence-electron chi connectivity index (χ1n) is 6.52. The summed E-state index contributed by atoms with van der Waals surface area (Å²) in [5.74, 6) is -1.09. The summed E-state index contributed by atoms with van der Waals surface area (Å²) in [5.41, 5.74) is -0.0187. The van der Waals surface area contributed by atoms with Crippen LogP contribution in [0.25, 0.3) is 0 Å². The van der Waals surface area contributed by atoms with Crippen LogP contribution in [0.15, 0.2) is 40.9 Å². The Bertz CT molecular complexity index is 671. The lowest BCUT2D eigenvalue weighted by Gasteiger charge is -2.24. The molecule has 4 nitrogen and oxygen atoms in total. The van der Waals surface area contributed by atoms with Gasteiger partial charge in [0.05, 0.1) is 29.2 Å². The number of anilines is 1. The number of carbonyl (C=O) groups excluding carboxylic acids is 2. The van der Waals surface area contributed by atoms with Crippen molar-refractivity contribution in [2.75, 3.05) is 4.90 Å². The van der Waals surface area contributed by atoms with Crippen molar-refractivity contribution in [2.24, 2.45) is 11.8 Å². The van der Waals surface area contributed by atoms with Crippen LogP contribution in [-0.2, 0) is 14.3 Å². The van der Waals surface area contributed by atoms with E-state index in [1.54, 1.807) is 12.1 Å². The van der Waals surface area contributed by atoms with Crippen molar-refractivity contribution in [3.05, 3.63) is 40.9 Å². The Kier molecular flexibility index (Phi) is 2.34. The molecule has 3 aliphatic heterocycles. The minimum atomic E-state index is -0.636. The minimum absolute atomic E-state index is 0.156. The number of nitrogens with zero attached hydrogens (tertiary/aromatic N) is 1. The number of rotatable bonds is 1. The van der Waals surface area contributed by atoms with Crippen LogP contribution in [-0.4, -0.2) is 23.5 Å². The lowest BCUT2D eigenvalue weighted by molar-refractivity contribution is -0.126. The van der Waals surface area contributed by atoms with E-state index in [2.05, 4.69) is 15.9 Å². The molecule has 2 fully saturated rings. The number of imide groups is 1. The number of carbonyl (C=O) groups is 2. The van der Waals surface area contributed by atoms with Gasteiger partial charge in [-0.15, -0.1) is 0 Å². The first-order valence-corrected chi connectivity index (χ1v) is 7.31. The number of ether oxygens (including phenoxy) is 1. The average Bonchev–Trinajstić information content (AvgIpc) is 2.99. The van der Waals surface area contributed by atoms with Gasteiger partial charge in [-0.3, -0.25) is 9.59 Å². The smallest absolute Gasteiger partial charge is 0.241 e. The fraction of sp³-hybridized carbons (Fsp3) is 0.333. The van der Waals surface area contributed by atoms with Crippen molar-refractivity contribution < 1.29 is 14.3 Å². The molecule has 0 aromatic heterocycles. The van der Waals surface area contributed by atoms with E-state index in [1.807, 2.05) is 31.2 Å². The summed E-state index contributed by atoms with van der Waals surface area (Å²) < 4.78 is 6.63. The third-order valence-electron chi connectivity index (χ3n) is 4.40. The van der Waals surface area contributed by atoms with E-state index in [1.165, 1.54) is 4.90 Å². The number of hydrogen-bond acceptors (Lipinski definition) is 3. The van der Waals surface area contributed by atoms with Gasteiger partial charge in [0, 0.05) is 4.47 Å². The average molecular weight is 334 g/mol. The van der Waals surface area contributed by atoms with Gasteiger partial charge < -0.3 is 4.74 Å². The molecule has 1 aromatic rings. The predicted octanol–water partition coefficient (Wildman–Crippen LogP) is 2.28. The van der Waals surface area contributed by atoms with Crippen molar-refractivity contribution in [2.45, 2.75) is 18.6 Å². The molecule has 5 heteroatoms. The summed E-state index contributed by atoms with van der Waals surface area (Å²) in [6.45, 7) is 1.88. The molecule has 2 saturated heterocycles. The van der Waals surface area contributed by atoms with Gasteiger partial charge in [-0.2, -0.15) is 0 Å². The van der Waals surface area contributed by atoms with Crippen LogP contribution in [0.5, 0.6) is 0 Å². The monoisotopic (exact) mass is 333 g/mol. The molecular formula is C15H12BrNO3. The van der Waals surface area contributed by atoms with E-state index in [0.29, 0.717) is 5.69 Å². The Morgan fingerprint density at radius 3 is 2.80 bits per heavy atom. The lowest BCUT2D eigenvalue weighted by Crippen LogP contribution is -2.38. The second-order valence-corrected chi connectivity index (χ2v) is 6.54. The maximum absolute atomic E-state index is 12.7. The summed E-state index contributed by atoms with van der Waals surface area (Å²) >= 11 is 3.37. The van der Waals surface area contributed by atoms with Crippen molar-refractivity contribution in [3.8, 4) is 0 Å². The van der Waals surface area contributed by atoms with Crippen molar-refractivity contribution in [3.63, 3.8) is 0 Å². The summed E-state index contributed by atoms with van der Waals surface area (Å²) in [4.78, 5) is 26.6. The molecule has 3 aliphatic rings. The SMILES string of the molecule is C[C@@]12C=C[C@H](O1)[C@@H]1C(=O)N(c3cccc(Br)c3)C(=O)[C@@H]12. The standard InChI is InChI=1S/C15H12BrNO3/c1-15-6-5-10(20-15)11-12(15)14(19)17(13(11)18)9-4-2-3-8(16)7-9/h2-7,10-12H,1H3/t10-,11-,12+,15-/m0/s1. The Morgan fingerprint density at radius 1 is 1.30 bits per heavy atom. The number of benzene rings is 1. The first-order chi connectivity index (χ1) is 9.51. The zero-order valence-electron chi connectivity index (χ0n) is 10.7. The zero-order chi connectivity index (χ0) is 14.1. The number of hydrogen-bond donors (Lipinski definition) is 0. The van der Waals surface area contributed by atoms with Gasteiger partial charge in [0.2, 0.25) is 11.8 Å². The van der Waals surface area contributed by atoms with Crippen LogP contribution in [0.1, 0.15) is 6.92 Å². The van der Waals surface area contributed by atoms with Crippen molar-refractivity contribution in [1.29, 1.82) is 0 Å². The molecule has 0 N–H and O–H groups in total. The van der Waals surface area contributed by atoms with Gasteiger partial charge in [0.25, 0.3) is 0 Å². The molecule has 0 aliphatic carbocycles. The molecule has 0 unspecified atom stereocenters. The highest BCUT2D eigenvalue weighted by Crippen LogP contribution is 2.52. The van der Waals surface area contributed by atoms with Gasteiger partial charge in [0.15, 0.2) is 0 Å². The minimum Gasteiger partial charge on any atom is -0.362 e. The topological polar surface area (TPSA) is 46.6 Å². The fourth-order valence-corrected chi connectivity index (χ4v) is 3.91. The molecule has 0 saturated carbocycles. The van der Waals surface area contributed by atoms with E-state index >= 15 is 0 Å². The molecular weight excluding hydrogens is 322 g/mol. The molecule has 2 bridgehead atoms. The number of fused-ring (bicyclic) bond motifs is 5. The molecule has 0 spiro atoms. The summed E-state index contributed by atoms with van der Waals surface area (Å²) in [5, 5.41) is 0. The van der Waals surface area contributed by atoms with E-state index in [4.69, 9.17) is 4.74 Å². The van der Waals surface area contributed by atoms with Gasteiger partial charge in [0.1, 0.15) is 0 Å². The van der Waals surface area contributed by atoms with Gasteiger partial charge in [-0.05, 0) is 25.1 Å². The number of halogens is 1. The first kappa shape index (κ1) is 12.3. The van der Waals surface area contributed by atoms with Gasteiger partial charge >= 0.3 is 0 Å². The van der Waals surface area contributed by atoms with Gasteiger partial charge in [-0.1, -0.05) is 34.1 Å². The van der Waals surface area contributed by atoms with E-state index in [-0.39, 0.29) is 23.8 Å². The van der Waals surface area contributed by atoms with Gasteiger partial charge in [-0.25, -0.2) is 4.90 Å². The second-order valence-electron chi connectivity index (χ2n) is 5.62. The number of amides is 2. The molecule has 1 aromatic carbocycles. The lowest BCUT2D eigenvalue weighted by atomic mass is 9.78. The molecule has 4 atom stereocenters. The van der Waals surface area contributed by atoms with E-state index in [0.717, 1.165) is 4.47 Å². The highest BCUT2D eigenvalue weighted by molar-refractivity contribution is 9.10. The van der Waals surface area contributed by atoms with Crippen LogP contribution in [0, 0.1) is 11.8 Å². The molecule has 4 rings (SSSR count). The molecule has 20 heavy (non-hydrogen) atoms. The summed E-state index contributed by atoms with van der Waals surface area (Å²) in [6.07, 6.45) is 3.55. The zero-order valence-corrected chi connectivity index (χ0v) is 12.3. The van der Waals surface area contributed by atoms with Crippen molar-refractivity contribution >= 4 is 33.4 Å². The van der Waals surface area contributed by atoms with E-state index in [9.17, 15) is 9.59 Å². The maximum Gasteiger partial charge on any atom is 0.241 e. The molecule has 2 amide bonds. The van der Waals surface area contributed by atoms with Crippen molar-refractivity contribution in [1.82, 2.24) is 0 Å². The quantitative estimate of drug-likeness (QED) is 0.585. The Morgan fingerprint density at radius 2 is 2.10 bits per heavy atom. The van der Waals surface area contributed by atoms with Crippen LogP contribution in [0.3, 0.4) is 0 Å².